The van der Waals surface area contributed by atoms with Crippen LogP contribution in [0.15, 0.2) is 24.3 Å². The molecule has 2 rings (SSSR count). The Bertz CT molecular complexity index is 610. The molecule has 1 aromatic rings. The molecule has 0 heterocycles. The molecule has 1 fully saturated rings. The van der Waals surface area contributed by atoms with Crippen molar-refractivity contribution >= 4 is 17.5 Å². The van der Waals surface area contributed by atoms with Crippen molar-refractivity contribution in [2.45, 2.75) is 45.2 Å². The summed E-state index contributed by atoms with van der Waals surface area (Å²) < 4.78 is 38.9. The number of carbonyl (C=O) groups is 2. The maximum atomic E-state index is 13.0. The second kappa shape index (κ2) is 7.23. The van der Waals surface area contributed by atoms with Gasteiger partial charge in [-0.1, -0.05) is 31.9 Å². The van der Waals surface area contributed by atoms with E-state index < -0.39 is 29.0 Å². The number of para-hydroxylation sites is 1. The highest BCUT2D eigenvalue weighted by molar-refractivity contribution is 6.13. The van der Waals surface area contributed by atoms with E-state index in [1.54, 1.807) is 0 Å². The van der Waals surface area contributed by atoms with Crippen LogP contribution in [0.4, 0.5) is 18.9 Å². The lowest BCUT2D eigenvalue weighted by Gasteiger charge is -2.18. The number of nitrogens with one attached hydrogen (secondary N) is 2. The summed E-state index contributed by atoms with van der Waals surface area (Å²) in [4.78, 5) is 24.6. The van der Waals surface area contributed by atoms with Crippen molar-refractivity contribution in [1.82, 2.24) is 5.32 Å². The van der Waals surface area contributed by atoms with Crippen LogP contribution >= 0.6 is 0 Å². The second-order valence-corrected chi connectivity index (χ2v) is 6.04. The summed E-state index contributed by atoms with van der Waals surface area (Å²) in [6.45, 7) is 2.51. The van der Waals surface area contributed by atoms with E-state index in [1.165, 1.54) is 18.2 Å². The minimum absolute atomic E-state index is 0.319. The number of amides is 2. The summed E-state index contributed by atoms with van der Waals surface area (Å²) in [5, 5.41) is 4.99. The van der Waals surface area contributed by atoms with Gasteiger partial charge in [0.15, 0.2) is 0 Å². The quantitative estimate of drug-likeness (QED) is 0.586. The molecule has 1 aliphatic carbocycles. The third-order valence-electron chi connectivity index (χ3n) is 4.17. The normalized spacial score (nSPS) is 15.7. The van der Waals surface area contributed by atoms with E-state index in [2.05, 4.69) is 10.6 Å². The van der Waals surface area contributed by atoms with Gasteiger partial charge in [0.2, 0.25) is 11.8 Å². The molecule has 4 nitrogen and oxygen atoms in total. The summed E-state index contributed by atoms with van der Waals surface area (Å²) in [6.07, 6.45) is -1.06. The average molecular weight is 342 g/mol. The Hall–Kier alpha value is -2.05. The number of anilines is 1. The summed E-state index contributed by atoms with van der Waals surface area (Å²) in [7, 11) is 0. The van der Waals surface area contributed by atoms with Gasteiger partial charge in [0.05, 0.1) is 11.3 Å². The Kier molecular flexibility index (Phi) is 5.51. The number of rotatable bonds is 7. The zero-order chi connectivity index (χ0) is 17.8. The zero-order valence-corrected chi connectivity index (χ0v) is 13.5. The van der Waals surface area contributed by atoms with Gasteiger partial charge in [0.1, 0.15) is 5.41 Å². The molecule has 1 saturated carbocycles. The van der Waals surface area contributed by atoms with Crippen molar-refractivity contribution in [3.8, 4) is 0 Å². The first kappa shape index (κ1) is 18.3. The van der Waals surface area contributed by atoms with E-state index in [-0.39, 0.29) is 5.69 Å². The van der Waals surface area contributed by atoms with E-state index >= 15 is 0 Å². The highest BCUT2D eigenvalue weighted by atomic mass is 19.4. The van der Waals surface area contributed by atoms with Crippen LogP contribution in [0, 0.1) is 5.41 Å². The topological polar surface area (TPSA) is 58.2 Å². The first-order chi connectivity index (χ1) is 11.3. The van der Waals surface area contributed by atoms with Gasteiger partial charge < -0.3 is 10.6 Å². The number of carbonyl (C=O) groups excluding carboxylic acids is 2. The number of benzene rings is 1. The fraction of sp³-hybridized carbons (Fsp3) is 0.529. The van der Waals surface area contributed by atoms with Gasteiger partial charge >= 0.3 is 6.18 Å². The average Bonchev–Trinajstić information content (AvgIpc) is 3.33. The molecule has 0 atom stereocenters. The minimum atomic E-state index is -4.57. The highest BCUT2D eigenvalue weighted by Gasteiger charge is 2.56. The van der Waals surface area contributed by atoms with E-state index in [4.69, 9.17) is 0 Å². The Balaban J connectivity index is 2.04. The van der Waals surface area contributed by atoms with Crippen molar-refractivity contribution < 1.29 is 22.8 Å². The van der Waals surface area contributed by atoms with Crippen LogP contribution in [0.3, 0.4) is 0 Å². The lowest BCUT2D eigenvalue weighted by atomic mass is 10.0. The van der Waals surface area contributed by atoms with Gasteiger partial charge in [-0.3, -0.25) is 9.59 Å². The predicted octanol–water partition coefficient (Wildman–Crippen LogP) is 3.73. The number of alkyl halides is 3. The maximum Gasteiger partial charge on any atom is 0.418 e. The van der Waals surface area contributed by atoms with Crippen LogP contribution in [0.1, 0.15) is 44.6 Å². The van der Waals surface area contributed by atoms with Crippen molar-refractivity contribution in [3.63, 3.8) is 0 Å². The van der Waals surface area contributed by atoms with Gasteiger partial charge in [-0.2, -0.15) is 13.2 Å². The Morgan fingerprint density at radius 3 is 2.38 bits per heavy atom. The van der Waals surface area contributed by atoms with E-state index in [1.807, 2.05) is 6.92 Å². The SMILES string of the molecule is CCCCCNC(=O)C1(C(=O)Nc2ccccc2C(F)(F)F)CC1. The largest absolute Gasteiger partial charge is 0.418 e. The Labute approximate surface area is 138 Å². The van der Waals surface area contributed by atoms with Gasteiger partial charge in [-0.15, -0.1) is 0 Å². The van der Waals surface area contributed by atoms with Crippen LogP contribution in [0.5, 0.6) is 0 Å². The van der Waals surface area contributed by atoms with Crippen molar-refractivity contribution in [2.75, 3.05) is 11.9 Å². The van der Waals surface area contributed by atoms with Crippen LogP contribution in [-0.4, -0.2) is 18.4 Å². The Morgan fingerprint density at radius 2 is 1.79 bits per heavy atom. The van der Waals surface area contributed by atoms with E-state index in [9.17, 15) is 22.8 Å². The zero-order valence-electron chi connectivity index (χ0n) is 13.5. The molecule has 132 valence electrons. The molecular formula is C17H21F3N2O2. The monoisotopic (exact) mass is 342 g/mol. The molecule has 1 aliphatic rings. The molecule has 0 unspecified atom stereocenters. The van der Waals surface area contributed by atoms with Crippen molar-refractivity contribution in [2.24, 2.45) is 5.41 Å². The van der Waals surface area contributed by atoms with Crippen LogP contribution in [0.25, 0.3) is 0 Å². The summed E-state index contributed by atoms with van der Waals surface area (Å²) in [5.74, 6) is -1.08. The van der Waals surface area contributed by atoms with Crippen molar-refractivity contribution in [1.29, 1.82) is 0 Å². The number of unbranched alkanes of at least 4 members (excludes halogenated alkanes) is 2. The molecule has 2 amide bonds. The summed E-state index contributed by atoms with van der Waals surface area (Å²) in [5.41, 5.74) is -2.47. The smallest absolute Gasteiger partial charge is 0.355 e. The molecule has 0 aliphatic heterocycles. The van der Waals surface area contributed by atoms with Gasteiger partial charge in [0.25, 0.3) is 0 Å². The molecule has 7 heteroatoms. The van der Waals surface area contributed by atoms with Gasteiger partial charge in [-0.25, -0.2) is 0 Å². The first-order valence-electron chi connectivity index (χ1n) is 8.07. The second-order valence-electron chi connectivity index (χ2n) is 6.04. The predicted molar refractivity (Wildman–Crippen MR) is 84.3 cm³/mol. The van der Waals surface area contributed by atoms with Crippen LogP contribution in [0.2, 0.25) is 0 Å². The number of halogens is 3. The Morgan fingerprint density at radius 1 is 1.12 bits per heavy atom. The van der Waals surface area contributed by atoms with Gasteiger partial charge in [0, 0.05) is 6.54 Å². The minimum Gasteiger partial charge on any atom is -0.355 e. The summed E-state index contributed by atoms with van der Waals surface area (Å²) >= 11 is 0. The molecule has 0 saturated heterocycles. The fourth-order valence-corrected chi connectivity index (χ4v) is 2.51. The van der Waals surface area contributed by atoms with Crippen LogP contribution in [-0.2, 0) is 15.8 Å². The maximum absolute atomic E-state index is 13.0. The van der Waals surface area contributed by atoms with E-state index in [0.717, 1.165) is 25.3 Å². The number of hydrogen-bond acceptors (Lipinski definition) is 2. The molecule has 0 bridgehead atoms. The fourth-order valence-electron chi connectivity index (χ4n) is 2.51. The lowest BCUT2D eigenvalue weighted by Crippen LogP contribution is -2.40. The summed E-state index contributed by atoms with van der Waals surface area (Å²) in [6, 6.07) is 4.76. The third kappa shape index (κ3) is 4.07. The van der Waals surface area contributed by atoms with Crippen LogP contribution < -0.4 is 10.6 Å². The molecule has 0 spiro atoms. The first-order valence-corrected chi connectivity index (χ1v) is 8.07. The van der Waals surface area contributed by atoms with E-state index in [0.29, 0.717) is 19.4 Å². The molecule has 0 radical (unpaired) electrons. The molecule has 24 heavy (non-hydrogen) atoms. The molecule has 2 N–H and O–H groups in total. The lowest BCUT2D eigenvalue weighted by molar-refractivity contribution is -0.137. The van der Waals surface area contributed by atoms with Gasteiger partial charge in [-0.05, 0) is 31.4 Å². The molecule has 0 aromatic heterocycles. The highest BCUT2D eigenvalue weighted by Crippen LogP contribution is 2.47. The van der Waals surface area contributed by atoms with Crippen molar-refractivity contribution in [3.05, 3.63) is 29.8 Å². The molecular weight excluding hydrogens is 321 g/mol. The molecule has 1 aromatic carbocycles. The third-order valence-corrected chi connectivity index (χ3v) is 4.17. The number of hydrogen-bond donors (Lipinski definition) is 2. The standard InChI is InChI=1S/C17H21F3N2O2/c1-2-3-6-11-21-14(23)16(9-10-16)15(24)22-13-8-5-4-7-12(13)17(18,19)20/h4-5,7-8H,2-3,6,9-11H2,1H3,(H,21,23)(H,22,24).